The van der Waals surface area contributed by atoms with Gasteiger partial charge in [0.25, 0.3) is 0 Å². The normalized spacial score (nSPS) is 27.5. The second kappa shape index (κ2) is 6.23. The molecule has 19 heavy (non-hydrogen) atoms. The van der Waals surface area contributed by atoms with E-state index in [2.05, 4.69) is 5.32 Å². The summed E-state index contributed by atoms with van der Waals surface area (Å²) in [5, 5.41) is 2.77. The summed E-state index contributed by atoms with van der Waals surface area (Å²) in [6.45, 7) is 8.61. The van der Waals surface area contributed by atoms with Crippen molar-refractivity contribution < 1.29 is 23.8 Å². The summed E-state index contributed by atoms with van der Waals surface area (Å²) in [6, 6.07) is -0.137. The van der Waals surface area contributed by atoms with E-state index in [4.69, 9.17) is 14.2 Å². The van der Waals surface area contributed by atoms with Gasteiger partial charge in [-0.3, -0.25) is 4.79 Å². The average molecular weight is 273 g/mol. The Balaban J connectivity index is 2.41. The molecule has 1 fully saturated rings. The maximum atomic E-state index is 11.7. The number of hydrogen-bond donors (Lipinski definition) is 1. The van der Waals surface area contributed by atoms with Crippen LogP contribution in [0.2, 0.25) is 0 Å². The number of ether oxygens (including phenoxy) is 3. The predicted molar refractivity (Wildman–Crippen MR) is 68.5 cm³/mol. The molecule has 1 aliphatic heterocycles. The molecule has 1 amide bonds. The van der Waals surface area contributed by atoms with Crippen LogP contribution in [0.5, 0.6) is 0 Å². The van der Waals surface area contributed by atoms with E-state index in [1.807, 2.05) is 27.7 Å². The summed E-state index contributed by atoms with van der Waals surface area (Å²) in [5.74, 6) is -0.365. The Morgan fingerprint density at radius 1 is 1.26 bits per heavy atom. The molecule has 1 N–H and O–H groups in total. The molecule has 3 atom stereocenters. The number of alkyl carbamates (subject to hydrolysis) is 1. The lowest BCUT2D eigenvalue weighted by molar-refractivity contribution is -0.202. The Kier molecular flexibility index (Phi) is 5.17. The molecule has 6 heteroatoms. The summed E-state index contributed by atoms with van der Waals surface area (Å²) < 4.78 is 15.7. The van der Waals surface area contributed by atoms with Crippen LogP contribution in [-0.4, -0.2) is 36.1 Å². The van der Waals surface area contributed by atoms with Crippen LogP contribution in [0.15, 0.2) is 0 Å². The molecule has 0 aromatic heterocycles. The van der Waals surface area contributed by atoms with Gasteiger partial charge < -0.3 is 19.5 Å². The lowest BCUT2D eigenvalue weighted by Crippen LogP contribution is -2.49. The third-order valence-corrected chi connectivity index (χ3v) is 2.65. The van der Waals surface area contributed by atoms with Crippen LogP contribution in [0.4, 0.5) is 4.79 Å². The number of amides is 1. The molecule has 0 bridgehead atoms. The van der Waals surface area contributed by atoms with Crippen LogP contribution < -0.4 is 5.32 Å². The number of esters is 1. The minimum Gasteiger partial charge on any atom is -0.444 e. The van der Waals surface area contributed by atoms with Gasteiger partial charge in [-0.25, -0.2) is 4.79 Å². The highest BCUT2D eigenvalue weighted by Crippen LogP contribution is 2.21. The Morgan fingerprint density at radius 2 is 1.89 bits per heavy atom. The molecule has 1 saturated heterocycles. The van der Waals surface area contributed by atoms with Gasteiger partial charge in [0, 0.05) is 13.3 Å². The highest BCUT2D eigenvalue weighted by atomic mass is 16.7. The van der Waals surface area contributed by atoms with E-state index in [1.54, 1.807) is 0 Å². The number of hydrogen-bond acceptors (Lipinski definition) is 5. The van der Waals surface area contributed by atoms with Gasteiger partial charge in [0.05, 0.1) is 12.1 Å². The largest absolute Gasteiger partial charge is 0.444 e. The van der Waals surface area contributed by atoms with Gasteiger partial charge in [-0.1, -0.05) is 0 Å². The zero-order valence-electron chi connectivity index (χ0n) is 12.2. The minimum absolute atomic E-state index is 0.137. The van der Waals surface area contributed by atoms with Gasteiger partial charge in [0.15, 0.2) is 0 Å². The number of rotatable bonds is 2. The second-order valence-corrected chi connectivity index (χ2v) is 5.71. The molecule has 1 aliphatic rings. The van der Waals surface area contributed by atoms with Crippen molar-refractivity contribution in [3.63, 3.8) is 0 Å². The van der Waals surface area contributed by atoms with E-state index in [1.165, 1.54) is 6.92 Å². The number of carbonyl (C=O) groups excluding carboxylic acids is 2. The van der Waals surface area contributed by atoms with Crippen LogP contribution >= 0.6 is 0 Å². The first-order chi connectivity index (χ1) is 8.67. The zero-order valence-corrected chi connectivity index (χ0v) is 12.2. The second-order valence-electron chi connectivity index (χ2n) is 5.71. The molecule has 0 radical (unpaired) electrons. The number of nitrogens with one attached hydrogen (secondary N) is 1. The molecule has 1 rings (SSSR count). The topological polar surface area (TPSA) is 73.9 Å². The fourth-order valence-electron chi connectivity index (χ4n) is 1.87. The van der Waals surface area contributed by atoms with E-state index in [0.717, 1.165) is 0 Å². The average Bonchev–Trinajstić information content (AvgIpc) is 2.18. The molecular weight excluding hydrogens is 250 g/mol. The lowest BCUT2D eigenvalue weighted by Gasteiger charge is -2.34. The fraction of sp³-hybridized carbons (Fsp3) is 0.846. The van der Waals surface area contributed by atoms with Gasteiger partial charge in [-0.2, -0.15) is 0 Å². The lowest BCUT2D eigenvalue weighted by atomic mass is 10.0. The first-order valence-electron chi connectivity index (χ1n) is 6.49. The molecule has 0 spiro atoms. The third kappa shape index (κ3) is 5.92. The van der Waals surface area contributed by atoms with Gasteiger partial charge in [0.2, 0.25) is 6.29 Å². The van der Waals surface area contributed by atoms with Crippen molar-refractivity contribution >= 4 is 12.1 Å². The zero-order chi connectivity index (χ0) is 14.6. The molecule has 0 saturated carbocycles. The first kappa shape index (κ1) is 15.8. The van der Waals surface area contributed by atoms with Crippen LogP contribution in [0.3, 0.4) is 0 Å². The van der Waals surface area contributed by atoms with Gasteiger partial charge >= 0.3 is 12.1 Å². The number of carbonyl (C=O) groups is 2. The monoisotopic (exact) mass is 273 g/mol. The quantitative estimate of drug-likeness (QED) is 0.779. The summed E-state index contributed by atoms with van der Waals surface area (Å²) in [4.78, 5) is 22.5. The van der Waals surface area contributed by atoms with Crippen LogP contribution in [0.1, 0.15) is 47.5 Å². The molecule has 6 nitrogen and oxygen atoms in total. The predicted octanol–water partition coefficient (Wildman–Crippen LogP) is 1.97. The molecule has 0 unspecified atom stereocenters. The summed E-state index contributed by atoms with van der Waals surface area (Å²) in [7, 11) is 0. The summed E-state index contributed by atoms with van der Waals surface area (Å²) >= 11 is 0. The fourth-order valence-corrected chi connectivity index (χ4v) is 1.87. The minimum atomic E-state index is -0.525. The Hall–Kier alpha value is -1.30. The van der Waals surface area contributed by atoms with Crippen molar-refractivity contribution in [2.24, 2.45) is 0 Å². The molecule has 0 aromatic rings. The van der Waals surface area contributed by atoms with E-state index >= 15 is 0 Å². The van der Waals surface area contributed by atoms with Crippen LogP contribution in [0.25, 0.3) is 0 Å². The van der Waals surface area contributed by atoms with Crippen molar-refractivity contribution in [3.05, 3.63) is 0 Å². The Labute approximate surface area is 113 Å². The smallest absolute Gasteiger partial charge is 0.407 e. The molecule has 110 valence electrons. The van der Waals surface area contributed by atoms with Crippen molar-refractivity contribution in [2.75, 3.05) is 0 Å². The SMILES string of the molecule is CC(=O)O[C@H]1CC[C@H](NC(=O)OC(C)(C)C)[C@H](C)O1. The molecular formula is C13H23NO5. The van der Waals surface area contributed by atoms with Crippen LogP contribution in [-0.2, 0) is 19.0 Å². The van der Waals surface area contributed by atoms with E-state index < -0.39 is 18.0 Å². The van der Waals surface area contributed by atoms with Crippen molar-refractivity contribution in [1.82, 2.24) is 5.32 Å². The van der Waals surface area contributed by atoms with Gasteiger partial charge in [-0.15, -0.1) is 0 Å². The molecule has 0 aromatic carbocycles. The van der Waals surface area contributed by atoms with Crippen molar-refractivity contribution in [1.29, 1.82) is 0 Å². The highest BCUT2D eigenvalue weighted by molar-refractivity contribution is 5.68. The van der Waals surface area contributed by atoms with Crippen molar-refractivity contribution in [2.45, 2.75) is 71.5 Å². The summed E-state index contributed by atoms with van der Waals surface area (Å²) in [5.41, 5.74) is -0.525. The maximum Gasteiger partial charge on any atom is 0.407 e. The first-order valence-corrected chi connectivity index (χ1v) is 6.49. The van der Waals surface area contributed by atoms with E-state index in [-0.39, 0.29) is 18.1 Å². The Morgan fingerprint density at radius 3 is 2.37 bits per heavy atom. The van der Waals surface area contributed by atoms with Crippen molar-refractivity contribution in [3.8, 4) is 0 Å². The van der Waals surface area contributed by atoms with E-state index in [9.17, 15) is 9.59 Å². The van der Waals surface area contributed by atoms with Gasteiger partial charge in [-0.05, 0) is 34.1 Å². The Bertz CT molecular complexity index is 336. The molecule has 0 aliphatic carbocycles. The maximum absolute atomic E-state index is 11.7. The molecule has 1 heterocycles. The third-order valence-electron chi connectivity index (χ3n) is 2.65. The van der Waals surface area contributed by atoms with E-state index in [0.29, 0.717) is 12.8 Å². The highest BCUT2D eigenvalue weighted by Gasteiger charge is 2.31. The summed E-state index contributed by atoms with van der Waals surface area (Å²) in [6.07, 6.45) is 0.0247. The van der Waals surface area contributed by atoms with Gasteiger partial charge in [0.1, 0.15) is 5.60 Å². The standard InChI is InChI=1S/C13H23NO5/c1-8-10(14-12(16)19-13(3,4)5)6-7-11(17-8)18-9(2)15/h8,10-11H,6-7H2,1-5H3,(H,14,16)/t8-,10-,11-/m0/s1. The van der Waals surface area contributed by atoms with Crippen LogP contribution in [0, 0.1) is 0 Å².